The van der Waals surface area contributed by atoms with E-state index in [0.717, 1.165) is 12.2 Å². The smallest absolute Gasteiger partial charge is 0.358 e. The minimum absolute atomic E-state index is 0.0370. The molecule has 2 heterocycles. The van der Waals surface area contributed by atoms with Gasteiger partial charge in [0.25, 0.3) is 0 Å². The lowest BCUT2D eigenvalue weighted by atomic mass is 10.4. The molecule has 0 atom stereocenters. The van der Waals surface area contributed by atoms with Gasteiger partial charge < -0.3 is 15.0 Å². The van der Waals surface area contributed by atoms with Crippen molar-refractivity contribution in [3.8, 4) is 0 Å². The molecule has 0 N–H and O–H groups in total. The van der Waals surface area contributed by atoms with E-state index < -0.39 is 4.92 Å². The topological polar surface area (TPSA) is 99.1 Å². The summed E-state index contributed by atoms with van der Waals surface area (Å²) in [6, 6.07) is 3.20. The molecule has 0 saturated carbocycles. The van der Waals surface area contributed by atoms with Gasteiger partial charge in [0.1, 0.15) is 6.54 Å². The molecule has 0 radical (unpaired) electrons. The third-order valence-electron chi connectivity index (χ3n) is 3.29. The number of aryl methyl sites for hydroxylation is 2. The maximum atomic E-state index is 12.2. The van der Waals surface area contributed by atoms with Crippen molar-refractivity contribution in [1.82, 2.24) is 24.5 Å². The van der Waals surface area contributed by atoms with E-state index in [1.54, 1.807) is 18.7 Å². The van der Waals surface area contributed by atoms with Crippen molar-refractivity contribution in [1.29, 1.82) is 0 Å². The number of amides is 1. The van der Waals surface area contributed by atoms with Crippen molar-refractivity contribution in [3.05, 3.63) is 39.8 Å². The Kier molecular flexibility index (Phi) is 4.54. The lowest BCUT2D eigenvalue weighted by molar-refractivity contribution is -0.389. The Morgan fingerprint density at radius 1 is 1.45 bits per heavy atom. The highest BCUT2D eigenvalue weighted by Crippen LogP contribution is 2.11. The van der Waals surface area contributed by atoms with Crippen molar-refractivity contribution < 1.29 is 9.72 Å². The average molecular weight is 306 g/mol. The molecule has 0 bridgehead atoms. The van der Waals surface area contributed by atoms with Crippen molar-refractivity contribution >= 4 is 11.7 Å². The highest BCUT2D eigenvalue weighted by Gasteiger charge is 2.19. The van der Waals surface area contributed by atoms with Crippen LogP contribution in [-0.2, 0) is 24.4 Å². The van der Waals surface area contributed by atoms with E-state index in [4.69, 9.17) is 0 Å². The van der Waals surface area contributed by atoms with Gasteiger partial charge in [-0.15, -0.1) is 0 Å². The lowest BCUT2D eigenvalue weighted by Crippen LogP contribution is -2.30. The quantitative estimate of drug-likeness (QED) is 0.585. The summed E-state index contributed by atoms with van der Waals surface area (Å²) in [7, 11) is 1.67. The number of hydrogen-bond acceptors (Lipinski definition) is 5. The van der Waals surface area contributed by atoms with Gasteiger partial charge in [0, 0.05) is 19.8 Å². The summed E-state index contributed by atoms with van der Waals surface area (Å²) in [5.74, 6) is -0.443. The zero-order valence-electron chi connectivity index (χ0n) is 12.8. The maximum absolute atomic E-state index is 12.2. The first-order valence-electron chi connectivity index (χ1n) is 6.85. The third-order valence-corrected chi connectivity index (χ3v) is 3.29. The molecule has 0 fully saturated rings. The Bertz CT molecular complexity index is 690. The minimum atomic E-state index is -0.574. The Hall–Kier alpha value is -2.71. The zero-order chi connectivity index (χ0) is 16.3. The van der Waals surface area contributed by atoms with E-state index in [9.17, 15) is 14.9 Å². The van der Waals surface area contributed by atoms with Gasteiger partial charge in [0.05, 0.1) is 29.1 Å². The molecule has 9 nitrogen and oxygen atoms in total. The highest BCUT2D eigenvalue weighted by atomic mass is 16.6. The van der Waals surface area contributed by atoms with Crippen LogP contribution in [0.1, 0.15) is 18.3 Å². The van der Waals surface area contributed by atoms with Crippen LogP contribution in [0.25, 0.3) is 0 Å². The highest BCUT2D eigenvalue weighted by molar-refractivity contribution is 5.75. The zero-order valence-corrected chi connectivity index (χ0v) is 12.8. The van der Waals surface area contributed by atoms with Crippen LogP contribution in [0.15, 0.2) is 18.3 Å². The van der Waals surface area contributed by atoms with Crippen LogP contribution in [0.4, 0.5) is 5.82 Å². The Balaban J connectivity index is 2.00. The van der Waals surface area contributed by atoms with Gasteiger partial charge in [-0.2, -0.15) is 9.78 Å². The molecule has 2 aromatic heterocycles. The molecule has 2 aromatic rings. The van der Waals surface area contributed by atoms with Gasteiger partial charge in [0.15, 0.2) is 0 Å². The van der Waals surface area contributed by atoms with E-state index in [1.807, 2.05) is 19.2 Å². The number of likely N-dealkylation sites (N-methyl/N-ethyl adjacent to an activating group) is 1. The van der Waals surface area contributed by atoms with E-state index in [2.05, 4.69) is 10.2 Å². The van der Waals surface area contributed by atoms with Crippen LogP contribution >= 0.6 is 0 Å². The Morgan fingerprint density at radius 3 is 2.73 bits per heavy atom. The second kappa shape index (κ2) is 6.37. The van der Waals surface area contributed by atoms with Crippen LogP contribution in [0.5, 0.6) is 0 Å². The Labute approximate surface area is 127 Å². The number of rotatable bonds is 6. The summed E-state index contributed by atoms with van der Waals surface area (Å²) < 4.78 is 3.12. The molecular formula is C13H18N6O3. The molecule has 22 heavy (non-hydrogen) atoms. The normalized spacial score (nSPS) is 10.7. The van der Waals surface area contributed by atoms with Crippen LogP contribution in [0.3, 0.4) is 0 Å². The molecule has 0 aliphatic heterocycles. The molecule has 0 aliphatic carbocycles. The van der Waals surface area contributed by atoms with Crippen molar-refractivity contribution in [2.45, 2.75) is 33.5 Å². The van der Waals surface area contributed by atoms with Gasteiger partial charge >= 0.3 is 5.82 Å². The first-order chi connectivity index (χ1) is 10.4. The number of nitrogens with zero attached hydrogens (tertiary/aromatic N) is 6. The summed E-state index contributed by atoms with van der Waals surface area (Å²) in [4.78, 5) is 23.8. The van der Waals surface area contributed by atoms with Gasteiger partial charge in [-0.05, 0) is 24.8 Å². The fourth-order valence-electron chi connectivity index (χ4n) is 1.99. The van der Waals surface area contributed by atoms with Crippen molar-refractivity contribution in [2.75, 3.05) is 7.05 Å². The van der Waals surface area contributed by atoms with Gasteiger partial charge in [-0.25, -0.2) is 0 Å². The molecule has 0 aromatic carbocycles. The molecule has 0 aliphatic rings. The molecule has 2 rings (SSSR count). The molecular weight excluding hydrogens is 288 g/mol. The van der Waals surface area contributed by atoms with E-state index in [-0.39, 0.29) is 18.3 Å². The van der Waals surface area contributed by atoms with Crippen LogP contribution in [-0.4, -0.2) is 42.3 Å². The van der Waals surface area contributed by atoms with E-state index in [0.29, 0.717) is 12.2 Å². The lowest BCUT2D eigenvalue weighted by Gasteiger charge is -2.15. The maximum Gasteiger partial charge on any atom is 0.390 e. The second-order valence-corrected chi connectivity index (χ2v) is 4.97. The van der Waals surface area contributed by atoms with Gasteiger partial charge in [-0.3, -0.25) is 9.48 Å². The largest absolute Gasteiger partial charge is 0.390 e. The monoisotopic (exact) mass is 306 g/mol. The third kappa shape index (κ3) is 3.48. The average Bonchev–Trinajstić information content (AvgIpc) is 3.06. The second-order valence-electron chi connectivity index (χ2n) is 4.97. The first-order valence-corrected chi connectivity index (χ1v) is 6.85. The van der Waals surface area contributed by atoms with Gasteiger partial charge in [0.2, 0.25) is 5.91 Å². The molecule has 0 spiro atoms. The van der Waals surface area contributed by atoms with E-state index in [1.165, 1.54) is 15.6 Å². The number of hydrogen-bond donors (Lipinski definition) is 0. The molecule has 0 saturated heterocycles. The summed E-state index contributed by atoms with van der Waals surface area (Å²) >= 11 is 0. The first kappa shape index (κ1) is 15.7. The fraction of sp³-hybridized carbons (Fsp3) is 0.462. The number of carbonyl (C=O) groups is 1. The minimum Gasteiger partial charge on any atom is -0.358 e. The van der Waals surface area contributed by atoms with Crippen LogP contribution in [0, 0.1) is 17.0 Å². The van der Waals surface area contributed by atoms with E-state index >= 15 is 0 Å². The summed E-state index contributed by atoms with van der Waals surface area (Å²) in [5, 5.41) is 18.8. The molecule has 9 heteroatoms. The van der Waals surface area contributed by atoms with Gasteiger partial charge in [-0.1, -0.05) is 0 Å². The predicted molar refractivity (Wildman–Crippen MR) is 78.0 cm³/mol. The molecule has 118 valence electrons. The van der Waals surface area contributed by atoms with Crippen molar-refractivity contribution in [2.24, 2.45) is 0 Å². The standard InChI is InChI=1S/C13H18N6O3/c1-4-17-6-5-11(14-17)8-16(3)13(20)9-18-10(2)7-12(15-18)19(21)22/h5-7H,4,8-9H2,1-3H3. The molecule has 1 amide bonds. The number of nitro groups is 1. The Morgan fingerprint density at radius 2 is 2.18 bits per heavy atom. The van der Waals surface area contributed by atoms with Crippen LogP contribution in [0.2, 0.25) is 0 Å². The summed E-state index contributed by atoms with van der Waals surface area (Å²) in [5.41, 5.74) is 1.37. The van der Waals surface area contributed by atoms with Crippen molar-refractivity contribution in [3.63, 3.8) is 0 Å². The van der Waals surface area contributed by atoms with Crippen LogP contribution < -0.4 is 0 Å². The molecule has 0 unspecified atom stereocenters. The number of carbonyl (C=O) groups excluding carboxylic acids is 1. The SMILES string of the molecule is CCn1ccc(CN(C)C(=O)Cn2nc([N+](=O)[O-])cc2C)n1. The summed E-state index contributed by atoms with van der Waals surface area (Å²) in [6.45, 7) is 4.78. The summed E-state index contributed by atoms with van der Waals surface area (Å²) in [6.07, 6.45) is 1.86. The fourth-order valence-corrected chi connectivity index (χ4v) is 1.99. The predicted octanol–water partition coefficient (Wildman–Crippen LogP) is 0.975. The number of aromatic nitrogens is 4.